The summed E-state index contributed by atoms with van der Waals surface area (Å²) in [7, 11) is 0. The molecule has 3 N–H and O–H groups in total. The van der Waals surface area contributed by atoms with Gasteiger partial charge in [-0.15, -0.1) is 0 Å². The Morgan fingerprint density at radius 3 is 2.33 bits per heavy atom. The van der Waals surface area contributed by atoms with Crippen molar-refractivity contribution in [2.75, 3.05) is 0 Å². The minimum atomic E-state index is -0.683. The molecule has 0 amide bonds. The van der Waals surface area contributed by atoms with Crippen molar-refractivity contribution in [1.29, 1.82) is 0 Å². The van der Waals surface area contributed by atoms with Gasteiger partial charge in [-0.05, 0) is 104 Å². The van der Waals surface area contributed by atoms with Crippen LogP contribution in [-0.2, 0) is 4.79 Å². The number of carboxylic acids is 1. The Balaban J connectivity index is 1.61. The van der Waals surface area contributed by atoms with Gasteiger partial charge in [-0.3, -0.25) is 4.79 Å². The summed E-state index contributed by atoms with van der Waals surface area (Å²) >= 11 is 0. The molecule has 4 rings (SSSR count). The standard InChI is InChI=1S/C26H44O4/c1-5-17-21-14-16(27)10-12-26(21,4)20-11-13-25(3)18(15(2)6-9-22(28)29)7-8-19(25)23(20)24(17)30/h15-21,23-24,27,30H,5-14H2,1-4H3,(H,28,29)/t15-,16-,17-,18-,19?,20?,21?,23?,24?,25-,26-/m1/s1. The van der Waals surface area contributed by atoms with Gasteiger partial charge in [0.1, 0.15) is 0 Å². The van der Waals surface area contributed by atoms with Gasteiger partial charge in [-0.2, -0.15) is 0 Å². The zero-order valence-corrected chi connectivity index (χ0v) is 19.5. The maximum atomic E-state index is 11.7. The molecule has 30 heavy (non-hydrogen) atoms. The number of aliphatic hydroxyl groups excluding tert-OH is 2. The topological polar surface area (TPSA) is 77.8 Å². The van der Waals surface area contributed by atoms with Crippen molar-refractivity contribution < 1.29 is 20.1 Å². The normalized spacial score (nSPS) is 51.5. The number of fused-ring (bicyclic) bond motifs is 5. The van der Waals surface area contributed by atoms with Crippen molar-refractivity contribution in [3.63, 3.8) is 0 Å². The summed E-state index contributed by atoms with van der Waals surface area (Å²) in [4.78, 5) is 11.1. The van der Waals surface area contributed by atoms with E-state index in [1.807, 2.05) is 0 Å². The molecule has 4 aliphatic rings. The number of hydrogen-bond donors (Lipinski definition) is 3. The first kappa shape index (κ1) is 22.6. The van der Waals surface area contributed by atoms with Crippen LogP contribution in [0.2, 0.25) is 0 Å². The van der Waals surface area contributed by atoms with E-state index >= 15 is 0 Å². The predicted octanol–water partition coefficient (Wildman–Crippen LogP) is 5.11. The lowest BCUT2D eigenvalue weighted by Crippen LogP contribution is -2.62. The highest BCUT2D eigenvalue weighted by Crippen LogP contribution is 2.69. The molecule has 172 valence electrons. The highest BCUT2D eigenvalue weighted by Gasteiger charge is 2.64. The van der Waals surface area contributed by atoms with Crippen LogP contribution in [0.5, 0.6) is 0 Å². The number of aliphatic hydroxyl groups is 2. The largest absolute Gasteiger partial charge is 0.481 e. The quantitative estimate of drug-likeness (QED) is 0.577. The molecule has 0 saturated heterocycles. The fourth-order valence-corrected chi connectivity index (χ4v) is 9.48. The number of rotatable bonds is 5. The number of aliphatic carboxylic acids is 1. The van der Waals surface area contributed by atoms with E-state index in [9.17, 15) is 15.0 Å². The van der Waals surface area contributed by atoms with Gasteiger partial charge in [0.15, 0.2) is 0 Å². The molecule has 0 heterocycles. The SMILES string of the molecule is CC[C@H]1C(O)C2C(CC[C@@]3(C)C2CC[C@@H]3[C@H](C)CCC(=O)O)[C@@]2(C)CC[C@@H](O)CC12. The van der Waals surface area contributed by atoms with Gasteiger partial charge in [0.05, 0.1) is 12.2 Å². The van der Waals surface area contributed by atoms with E-state index < -0.39 is 5.97 Å². The number of hydrogen-bond acceptors (Lipinski definition) is 3. The third-order valence-corrected chi connectivity index (χ3v) is 11.0. The first-order valence-corrected chi connectivity index (χ1v) is 12.7. The van der Waals surface area contributed by atoms with Gasteiger partial charge in [0, 0.05) is 6.42 Å². The summed E-state index contributed by atoms with van der Waals surface area (Å²) in [5, 5.41) is 31.3. The summed E-state index contributed by atoms with van der Waals surface area (Å²) in [6.07, 6.45) is 9.27. The molecule has 0 aromatic rings. The Morgan fingerprint density at radius 1 is 1.00 bits per heavy atom. The van der Waals surface area contributed by atoms with Gasteiger partial charge >= 0.3 is 5.97 Å². The van der Waals surface area contributed by atoms with Crippen molar-refractivity contribution >= 4 is 5.97 Å². The van der Waals surface area contributed by atoms with E-state index in [4.69, 9.17) is 5.11 Å². The smallest absolute Gasteiger partial charge is 0.303 e. The molecule has 11 atom stereocenters. The second-order valence-electron chi connectivity index (χ2n) is 12.0. The highest BCUT2D eigenvalue weighted by atomic mass is 16.4. The summed E-state index contributed by atoms with van der Waals surface area (Å²) in [6.45, 7) is 9.44. The molecule has 5 unspecified atom stereocenters. The first-order chi connectivity index (χ1) is 14.1. The average Bonchev–Trinajstić information content (AvgIpc) is 3.05. The zero-order valence-electron chi connectivity index (χ0n) is 19.5. The number of carbonyl (C=O) groups is 1. The van der Waals surface area contributed by atoms with Crippen LogP contribution in [0.15, 0.2) is 0 Å². The molecule has 0 aromatic heterocycles. The molecular formula is C26H44O4. The molecule has 4 heteroatoms. The van der Waals surface area contributed by atoms with Crippen LogP contribution in [0.3, 0.4) is 0 Å². The summed E-state index contributed by atoms with van der Waals surface area (Å²) in [5.41, 5.74) is 0.480. The van der Waals surface area contributed by atoms with Crippen LogP contribution in [0.25, 0.3) is 0 Å². The lowest BCUT2D eigenvalue weighted by atomic mass is 9.41. The predicted molar refractivity (Wildman–Crippen MR) is 118 cm³/mol. The molecule has 0 aromatic carbocycles. The molecule has 4 saturated carbocycles. The van der Waals surface area contributed by atoms with Crippen LogP contribution in [0.4, 0.5) is 0 Å². The first-order valence-electron chi connectivity index (χ1n) is 12.7. The number of carboxylic acid groups (broad SMARTS) is 1. The van der Waals surface area contributed by atoms with E-state index in [-0.39, 0.29) is 29.5 Å². The van der Waals surface area contributed by atoms with Crippen LogP contribution in [0, 0.1) is 52.3 Å². The van der Waals surface area contributed by atoms with Crippen LogP contribution < -0.4 is 0 Å². The average molecular weight is 421 g/mol. The van der Waals surface area contributed by atoms with Gasteiger partial charge in [-0.25, -0.2) is 0 Å². The summed E-state index contributed by atoms with van der Waals surface area (Å²) in [5.74, 6) is 2.58. The van der Waals surface area contributed by atoms with E-state index in [1.165, 1.54) is 25.7 Å². The van der Waals surface area contributed by atoms with Crippen LogP contribution in [-0.4, -0.2) is 33.5 Å². The Bertz CT molecular complexity index is 649. The lowest BCUT2D eigenvalue weighted by Gasteiger charge is -2.64. The lowest BCUT2D eigenvalue weighted by molar-refractivity contribution is -0.203. The Morgan fingerprint density at radius 2 is 1.67 bits per heavy atom. The third kappa shape index (κ3) is 3.36. The Labute approximate surface area is 182 Å². The second kappa shape index (κ2) is 8.06. The summed E-state index contributed by atoms with van der Waals surface area (Å²) in [6, 6.07) is 0. The second-order valence-corrected chi connectivity index (χ2v) is 12.0. The van der Waals surface area contributed by atoms with Gasteiger partial charge in [0.2, 0.25) is 0 Å². The Kier molecular flexibility index (Phi) is 6.07. The van der Waals surface area contributed by atoms with Gasteiger partial charge < -0.3 is 15.3 Å². The molecule has 4 aliphatic carbocycles. The van der Waals surface area contributed by atoms with E-state index in [0.717, 1.165) is 32.1 Å². The molecular weight excluding hydrogens is 376 g/mol. The molecule has 0 bridgehead atoms. The van der Waals surface area contributed by atoms with Crippen molar-refractivity contribution in [1.82, 2.24) is 0 Å². The highest BCUT2D eigenvalue weighted by molar-refractivity contribution is 5.66. The summed E-state index contributed by atoms with van der Waals surface area (Å²) < 4.78 is 0. The van der Waals surface area contributed by atoms with E-state index in [2.05, 4.69) is 27.7 Å². The maximum Gasteiger partial charge on any atom is 0.303 e. The van der Waals surface area contributed by atoms with Gasteiger partial charge in [0.25, 0.3) is 0 Å². The van der Waals surface area contributed by atoms with Crippen molar-refractivity contribution in [3.05, 3.63) is 0 Å². The monoisotopic (exact) mass is 420 g/mol. The van der Waals surface area contributed by atoms with Crippen molar-refractivity contribution in [2.45, 2.75) is 104 Å². The molecule has 4 nitrogen and oxygen atoms in total. The van der Waals surface area contributed by atoms with E-state index in [1.54, 1.807) is 0 Å². The van der Waals surface area contributed by atoms with Crippen LogP contribution >= 0.6 is 0 Å². The third-order valence-electron chi connectivity index (χ3n) is 11.0. The van der Waals surface area contributed by atoms with Crippen LogP contribution in [0.1, 0.15) is 91.9 Å². The molecule has 0 radical (unpaired) electrons. The molecule has 0 spiro atoms. The minimum absolute atomic E-state index is 0.194. The van der Waals surface area contributed by atoms with Crippen molar-refractivity contribution in [2.24, 2.45) is 52.3 Å². The fourth-order valence-electron chi connectivity index (χ4n) is 9.48. The van der Waals surface area contributed by atoms with E-state index in [0.29, 0.717) is 41.4 Å². The Hall–Kier alpha value is -0.610. The molecule has 4 fully saturated rings. The maximum absolute atomic E-state index is 11.7. The zero-order chi connectivity index (χ0) is 21.8. The molecule has 0 aliphatic heterocycles. The fraction of sp³-hybridized carbons (Fsp3) is 0.962. The minimum Gasteiger partial charge on any atom is -0.481 e. The van der Waals surface area contributed by atoms with Crippen molar-refractivity contribution in [3.8, 4) is 0 Å². The van der Waals surface area contributed by atoms with Gasteiger partial charge in [-0.1, -0.05) is 34.1 Å².